The molecule has 1 atom stereocenters. The van der Waals surface area contributed by atoms with Crippen LogP contribution in [0.1, 0.15) is 40.6 Å². The number of sulfonamides is 1. The van der Waals surface area contributed by atoms with Gasteiger partial charge >= 0.3 is 6.18 Å². The standard InChI is InChI=1S/C15H13F3N4O3S/c16-15(17,18)12-4-3-9(5-19-12)26(24,25)22-7-11(23)13-10(6-20-21-13)14(22)8-1-2-8/h3-6,8,14H,1-2,7H2,(H,20,21). The molecule has 2 aromatic heterocycles. The molecule has 4 rings (SSSR count). The Morgan fingerprint density at radius 1 is 1.19 bits per heavy atom. The lowest BCUT2D eigenvalue weighted by Crippen LogP contribution is -2.43. The van der Waals surface area contributed by atoms with E-state index >= 15 is 0 Å². The maximum atomic E-state index is 13.0. The van der Waals surface area contributed by atoms with Gasteiger partial charge in [-0.15, -0.1) is 0 Å². The average molecular weight is 386 g/mol. The maximum absolute atomic E-state index is 13.0. The van der Waals surface area contributed by atoms with Crippen molar-refractivity contribution in [3.8, 4) is 0 Å². The molecule has 138 valence electrons. The summed E-state index contributed by atoms with van der Waals surface area (Å²) in [6.45, 7) is -0.389. The molecule has 0 spiro atoms. The molecule has 1 aliphatic heterocycles. The van der Waals surface area contributed by atoms with Gasteiger partial charge in [0.25, 0.3) is 0 Å². The molecule has 1 unspecified atom stereocenters. The molecule has 0 bridgehead atoms. The summed E-state index contributed by atoms with van der Waals surface area (Å²) in [4.78, 5) is 15.1. The van der Waals surface area contributed by atoms with E-state index in [9.17, 15) is 26.4 Å². The number of Topliss-reactive ketones (excluding diaryl/α,β-unsaturated/α-hetero) is 1. The number of alkyl halides is 3. The summed E-state index contributed by atoms with van der Waals surface area (Å²) < 4.78 is 65.0. The first-order chi connectivity index (χ1) is 12.2. The quantitative estimate of drug-likeness (QED) is 0.872. The lowest BCUT2D eigenvalue weighted by Gasteiger charge is -2.33. The number of hydrogen-bond donors (Lipinski definition) is 1. The second-order valence-corrected chi connectivity index (χ2v) is 8.22. The van der Waals surface area contributed by atoms with Gasteiger partial charge in [-0.1, -0.05) is 0 Å². The molecule has 26 heavy (non-hydrogen) atoms. The average Bonchev–Trinajstić information content (AvgIpc) is 3.29. The number of carbonyl (C=O) groups excluding carboxylic acids is 1. The first-order valence-electron chi connectivity index (χ1n) is 7.81. The van der Waals surface area contributed by atoms with E-state index in [4.69, 9.17) is 0 Å². The SMILES string of the molecule is O=C1CN(S(=O)(=O)c2ccc(C(F)(F)F)nc2)C(C2CC2)c2cn[nH]c21. The van der Waals surface area contributed by atoms with E-state index in [1.807, 2.05) is 0 Å². The number of nitrogens with zero attached hydrogens (tertiary/aromatic N) is 3. The summed E-state index contributed by atoms with van der Waals surface area (Å²) in [6.07, 6.45) is -0.937. The van der Waals surface area contributed by atoms with Crippen molar-refractivity contribution >= 4 is 15.8 Å². The number of H-pyrrole nitrogens is 1. The molecule has 1 N–H and O–H groups in total. The Labute approximate surface area is 146 Å². The summed E-state index contributed by atoms with van der Waals surface area (Å²) in [5.74, 6) is -0.380. The van der Waals surface area contributed by atoms with Crippen molar-refractivity contribution in [1.82, 2.24) is 19.5 Å². The highest BCUT2D eigenvalue weighted by molar-refractivity contribution is 7.89. The van der Waals surface area contributed by atoms with Crippen molar-refractivity contribution in [2.24, 2.45) is 5.92 Å². The lowest BCUT2D eigenvalue weighted by molar-refractivity contribution is -0.141. The van der Waals surface area contributed by atoms with Gasteiger partial charge in [-0.05, 0) is 30.9 Å². The van der Waals surface area contributed by atoms with Crippen molar-refractivity contribution in [2.75, 3.05) is 6.54 Å². The Balaban J connectivity index is 1.74. The highest BCUT2D eigenvalue weighted by Crippen LogP contribution is 2.48. The molecule has 1 aliphatic carbocycles. The fourth-order valence-electron chi connectivity index (χ4n) is 3.19. The number of pyridine rings is 1. The first kappa shape index (κ1) is 17.2. The molecule has 0 radical (unpaired) electrons. The van der Waals surface area contributed by atoms with Crippen LogP contribution in [0, 0.1) is 5.92 Å². The molecule has 0 saturated heterocycles. The number of aromatic nitrogens is 3. The predicted octanol–water partition coefficient (Wildman–Crippen LogP) is 2.16. The number of carbonyl (C=O) groups is 1. The number of ketones is 1. The van der Waals surface area contributed by atoms with Gasteiger partial charge in [0.05, 0.1) is 18.8 Å². The van der Waals surface area contributed by atoms with Crippen molar-refractivity contribution in [3.05, 3.63) is 41.5 Å². The van der Waals surface area contributed by atoms with Crippen LogP contribution in [-0.4, -0.2) is 40.2 Å². The van der Waals surface area contributed by atoms with Gasteiger partial charge in [0.15, 0.2) is 5.78 Å². The van der Waals surface area contributed by atoms with E-state index in [2.05, 4.69) is 15.2 Å². The molecule has 0 amide bonds. The third-order valence-electron chi connectivity index (χ3n) is 4.58. The first-order valence-corrected chi connectivity index (χ1v) is 9.25. The maximum Gasteiger partial charge on any atom is 0.433 e. The van der Waals surface area contributed by atoms with Crippen LogP contribution in [0.4, 0.5) is 13.2 Å². The van der Waals surface area contributed by atoms with Crippen molar-refractivity contribution < 1.29 is 26.4 Å². The largest absolute Gasteiger partial charge is 0.433 e. The molecule has 0 aromatic carbocycles. The molecule has 11 heteroatoms. The predicted molar refractivity (Wildman–Crippen MR) is 81.5 cm³/mol. The smallest absolute Gasteiger partial charge is 0.291 e. The Hall–Kier alpha value is -2.27. The summed E-state index contributed by atoms with van der Waals surface area (Å²) in [7, 11) is -4.19. The van der Waals surface area contributed by atoms with E-state index in [-0.39, 0.29) is 17.4 Å². The number of hydrogen-bond acceptors (Lipinski definition) is 5. The van der Waals surface area contributed by atoms with E-state index in [1.54, 1.807) is 0 Å². The summed E-state index contributed by atoms with van der Waals surface area (Å²) >= 11 is 0. The molecule has 1 fully saturated rings. The number of fused-ring (bicyclic) bond motifs is 1. The van der Waals surface area contributed by atoms with Crippen LogP contribution in [0.5, 0.6) is 0 Å². The third kappa shape index (κ3) is 2.71. The molecule has 2 aromatic rings. The Morgan fingerprint density at radius 2 is 1.92 bits per heavy atom. The van der Waals surface area contributed by atoms with Crippen molar-refractivity contribution in [1.29, 1.82) is 0 Å². The summed E-state index contributed by atoms with van der Waals surface area (Å²) in [6, 6.07) is 0.923. The van der Waals surface area contributed by atoms with Crippen LogP contribution in [-0.2, 0) is 16.2 Å². The van der Waals surface area contributed by atoms with Crippen LogP contribution >= 0.6 is 0 Å². The van der Waals surface area contributed by atoms with Crippen LogP contribution in [0.25, 0.3) is 0 Å². The van der Waals surface area contributed by atoms with E-state index in [1.165, 1.54) is 6.20 Å². The second-order valence-electron chi connectivity index (χ2n) is 6.33. The van der Waals surface area contributed by atoms with Crippen LogP contribution in [0.2, 0.25) is 0 Å². The lowest BCUT2D eigenvalue weighted by atomic mass is 9.97. The zero-order valence-electron chi connectivity index (χ0n) is 13.2. The zero-order valence-corrected chi connectivity index (χ0v) is 14.0. The number of nitrogens with one attached hydrogen (secondary N) is 1. The van der Waals surface area contributed by atoms with Crippen molar-refractivity contribution in [3.63, 3.8) is 0 Å². The monoisotopic (exact) mass is 386 g/mol. The van der Waals surface area contributed by atoms with Gasteiger partial charge in [0.2, 0.25) is 10.0 Å². The minimum Gasteiger partial charge on any atom is -0.291 e. The molecular weight excluding hydrogens is 373 g/mol. The topological polar surface area (TPSA) is 96.0 Å². The number of rotatable bonds is 3. The third-order valence-corrected chi connectivity index (χ3v) is 6.39. The van der Waals surface area contributed by atoms with E-state index in [0.29, 0.717) is 23.5 Å². The highest BCUT2D eigenvalue weighted by atomic mass is 32.2. The van der Waals surface area contributed by atoms with Crippen LogP contribution in [0.3, 0.4) is 0 Å². The van der Waals surface area contributed by atoms with Crippen LogP contribution < -0.4 is 0 Å². The Bertz CT molecular complexity index is 965. The number of halogens is 3. The van der Waals surface area contributed by atoms with Gasteiger partial charge in [-0.25, -0.2) is 8.42 Å². The van der Waals surface area contributed by atoms with Gasteiger partial charge in [0.1, 0.15) is 16.3 Å². The molecular formula is C15H13F3N4O3S. The summed E-state index contributed by atoms with van der Waals surface area (Å²) in [5.41, 5.74) is -0.381. The summed E-state index contributed by atoms with van der Waals surface area (Å²) in [5, 5.41) is 6.44. The second kappa shape index (κ2) is 5.61. The van der Waals surface area contributed by atoms with E-state index in [0.717, 1.165) is 23.2 Å². The minimum atomic E-state index is -4.66. The normalized spacial score (nSPS) is 21.7. The molecule has 3 heterocycles. The molecule has 2 aliphatic rings. The van der Waals surface area contributed by atoms with Gasteiger partial charge in [0, 0.05) is 11.8 Å². The van der Waals surface area contributed by atoms with E-state index < -0.39 is 33.7 Å². The fraction of sp³-hybridized carbons (Fsp3) is 0.400. The van der Waals surface area contributed by atoms with Crippen molar-refractivity contribution in [2.45, 2.75) is 30.0 Å². The van der Waals surface area contributed by atoms with Gasteiger partial charge < -0.3 is 0 Å². The van der Waals surface area contributed by atoms with Gasteiger partial charge in [-0.2, -0.15) is 22.6 Å². The molecule has 1 saturated carbocycles. The Morgan fingerprint density at radius 3 is 2.50 bits per heavy atom. The highest BCUT2D eigenvalue weighted by Gasteiger charge is 2.48. The zero-order chi connectivity index (χ0) is 18.7. The fourth-order valence-corrected chi connectivity index (χ4v) is 4.76. The van der Waals surface area contributed by atoms with Gasteiger partial charge in [-0.3, -0.25) is 14.9 Å². The molecule has 7 nitrogen and oxygen atoms in total. The minimum absolute atomic E-state index is 0.0524. The van der Waals surface area contributed by atoms with Crippen LogP contribution in [0.15, 0.2) is 29.4 Å². The Kier molecular flexibility index (Phi) is 3.70. The number of aromatic amines is 1.